The minimum Gasteiger partial charge on any atom is -0.455 e. The van der Waals surface area contributed by atoms with E-state index >= 15 is 0 Å². The van der Waals surface area contributed by atoms with E-state index in [4.69, 9.17) is 4.74 Å². The molecule has 3 atom stereocenters. The molecular formula is C18H22N2O4. The Balaban J connectivity index is 1.33. The van der Waals surface area contributed by atoms with Crippen LogP contribution in [0, 0.1) is 17.8 Å². The van der Waals surface area contributed by atoms with Crippen LogP contribution in [0.3, 0.4) is 0 Å². The van der Waals surface area contributed by atoms with Crippen molar-refractivity contribution in [3.63, 3.8) is 0 Å². The fourth-order valence-electron chi connectivity index (χ4n) is 3.87. The highest BCUT2D eigenvalue weighted by atomic mass is 16.5. The van der Waals surface area contributed by atoms with Crippen LogP contribution in [0.25, 0.3) is 0 Å². The van der Waals surface area contributed by atoms with Crippen LogP contribution in [0.1, 0.15) is 42.5 Å². The zero-order chi connectivity index (χ0) is 16.9. The van der Waals surface area contributed by atoms with Crippen molar-refractivity contribution < 1.29 is 19.1 Å². The smallest absolute Gasteiger partial charge is 0.306 e. The maximum absolute atomic E-state index is 11.8. The van der Waals surface area contributed by atoms with E-state index in [1.165, 1.54) is 19.3 Å². The van der Waals surface area contributed by atoms with E-state index in [0.717, 1.165) is 12.3 Å². The second kappa shape index (κ2) is 7.47. The van der Waals surface area contributed by atoms with Crippen LogP contribution >= 0.6 is 0 Å². The third-order valence-corrected chi connectivity index (χ3v) is 5.03. The highest BCUT2D eigenvalue weighted by Crippen LogP contribution is 2.49. The van der Waals surface area contributed by atoms with Crippen molar-refractivity contribution in [2.75, 3.05) is 6.61 Å². The van der Waals surface area contributed by atoms with Gasteiger partial charge in [0.1, 0.15) is 0 Å². The van der Waals surface area contributed by atoms with Crippen LogP contribution in [0.15, 0.2) is 30.3 Å². The molecule has 2 saturated carbocycles. The van der Waals surface area contributed by atoms with Crippen molar-refractivity contribution in [1.82, 2.24) is 10.9 Å². The van der Waals surface area contributed by atoms with E-state index in [-0.39, 0.29) is 12.6 Å². The molecule has 0 spiro atoms. The zero-order valence-electron chi connectivity index (χ0n) is 13.5. The Morgan fingerprint density at radius 2 is 1.83 bits per heavy atom. The Hall–Kier alpha value is -2.37. The molecule has 2 amide bonds. The molecular weight excluding hydrogens is 308 g/mol. The predicted octanol–water partition coefficient (Wildman–Crippen LogP) is 1.82. The third kappa shape index (κ3) is 4.13. The molecule has 2 N–H and O–H groups in total. The second-order valence-corrected chi connectivity index (χ2v) is 6.67. The molecule has 0 radical (unpaired) electrons. The van der Waals surface area contributed by atoms with Gasteiger partial charge in [-0.2, -0.15) is 0 Å². The summed E-state index contributed by atoms with van der Waals surface area (Å²) in [5.41, 5.74) is 4.97. The van der Waals surface area contributed by atoms with Crippen molar-refractivity contribution in [2.24, 2.45) is 17.8 Å². The van der Waals surface area contributed by atoms with Crippen molar-refractivity contribution in [3.8, 4) is 0 Å². The number of rotatable bonds is 5. The molecule has 0 aliphatic heterocycles. The molecule has 2 fully saturated rings. The zero-order valence-corrected chi connectivity index (χ0v) is 13.5. The van der Waals surface area contributed by atoms with Crippen molar-refractivity contribution in [3.05, 3.63) is 35.9 Å². The minimum atomic E-state index is -0.555. The average Bonchev–Trinajstić information content (AvgIpc) is 3.21. The first kappa shape index (κ1) is 16.5. The van der Waals surface area contributed by atoms with Crippen LogP contribution in [-0.4, -0.2) is 24.4 Å². The van der Waals surface area contributed by atoms with Gasteiger partial charge < -0.3 is 4.74 Å². The van der Waals surface area contributed by atoms with Crippen LogP contribution in [-0.2, 0) is 14.3 Å². The molecule has 2 bridgehead atoms. The lowest BCUT2D eigenvalue weighted by Gasteiger charge is -2.20. The number of esters is 1. The molecule has 0 saturated heterocycles. The van der Waals surface area contributed by atoms with Crippen molar-refractivity contribution in [2.45, 2.75) is 32.1 Å². The third-order valence-electron chi connectivity index (χ3n) is 5.03. The SMILES string of the molecule is O=C(COC(=O)C[C@H]1C[C@H]2CC[C@@H]1C2)NNC(=O)c1ccccc1. The van der Waals surface area contributed by atoms with E-state index in [0.29, 0.717) is 23.8 Å². The maximum atomic E-state index is 11.8. The molecule has 128 valence electrons. The summed E-state index contributed by atoms with van der Waals surface area (Å²) in [5, 5.41) is 0. The number of hydrogen-bond acceptors (Lipinski definition) is 4. The molecule has 2 aliphatic carbocycles. The highest BCUT2D eigenvalue weighted by molar-refractivity contribution is 5.95. The molecule has 3 rings (SSSR count). The minimum absolute atomic E-state index is 0.336. The summed E-state index contributed by atoms with van der Waals surface area (Å²) >= 11 is 0. The molecule has 6 heteroatoms. The van der Waals surface area contributed by atoms with Crippen LogP contribution in [0.2, 0.25) is 0 Å². The van der Waals surface area contributed by atoms with E-state index in [2.05, 4.69) is 10.9 Å². The Morgan fingerprint density at radius 1 is 1.04 bits per heavy atom. The molecule has 24 heavy (non-hydrogen) atoms. The lowest BCUT2D eigenvalue weighted by atomic mass is 9.86. The summed E-state index contributed by atoms with van der Waals surface area (Å²) < 4.78 is 5.01. The topological polar surface area (TPSA) is 84.5 Å². The fourth-order valence-corrected chi connectivity index (χ4v) is 3.87. The number of carbonyl (C=O) groups is 3. The van der Waals surface area contributed by atoms with Gasteiger partial charge in [0.25, 0.3) is 11.8 Å². The summed E-state index contributed by atoms with van der Waals surface area (Å²) in [7, 11) is 0. The molecule has 1 aromatic carbocycles. The first-order valence-corrected chi connectivity index (χ1v) is 8.41. The molecule has 1 aromatic rings. The number of fused-ring (bicyclic) bond motifs is 2. The number of nitrogens with one attached hydrogen (secondary N) is 2. The van der Waals surface area contributed by atoms with Crippen molar-refractivity contribution >= 4 is 17.8 Å². The summed E-state index contributed by atoms with van der Waals surface area (Å²) in [6.45, 7) is -0.380. The van der Waals surface area contributed by atoms with Crippen molar-refractivity contribution in [1.29, 1.82) is 0 Å². The Kier molecular flexibility index (Phi) is 5.13. The van der Waals surface area contributed by atoms with Gasteiger partial charge in [-0.15, -0.1) is 0 Å². The first-order chi connectivity index (χ1) is 11.6. The van der Waals surface area contributed by atoms with Gasteiger partial charge in [0.2, 0.25) is 0 Å². The van der Waals surface area contributed by atoms with E-state index < -0.39 is 11.8 Å². The summed E-state index contributed by atoms with van der Waals surface area (Å²) in [6.07, 6.45) is 5.25. The van der Waals surface area contributed by atoms with Gasteiger partial charge in [-0.05, 0) is 49.1 Å². The van der Waals surface area contributed by atoms with Gasteiger partial charge in [-0.1, -0.05) is 24.6 Å². The maximum Gasteiger partial charge on any atom is 0.306 e. The molecule has 0 heterocycles. The Bertz CT molecular complexity index is 617. The van der Waals surface area contributed by atoms with E-state index in [1.54, 1.807) is 30.3 Å². The average molecular weight is 330 g/mol. The van der Waals surface area contributed by atoms with E-state index in [9.17, 15) is 14.4 Å². The Labute approximate surface area is 140 Å². The lowest BCUT2D eigenvalue weighted by Crippen LogP contribution is -2.43. The number of hydrazine groups is 1. The van der Waals surface area contributed by atoms with Crippen LogP contribution < -0.4 is 10.9 Å². The number of amides is 2. The summed E-state index contributed by atoms with van der Waals surface area (Å²) in [6, 6.07) is 8.53. The number of benzene rings is 1. The molecule has 0 aromatic heterocycles. The number of carbonyl (C=O) groups excluding carboxylic acids is 3. The molecule has 6 nitrogen and oxygen atoms in total. The molecule has 2 aliphatic rings. The monoisotopic (exact) mass is 330 g/mol. The predicted molar refractivity (Wildman–Crippen MR) is 86.6 cm³/mol. The molecule has 0 unspecified atom stereocenters. The second-order valence-electron chi connectivity index (χ2n) is 6.67. The van der Waals surface area contributed by atoms with Gasteiger partial charge in [0.15, 0.2) is 6.61 Å². The van der Waals surface area contributed by atoms with Crippen LogP contribution in [0.4, 0.5) is 0 Å². The van der Waals surface area contributed by atoms with E-state index in [1.807, 2.05) is 0 Å². The standard InChI is InChI=1S/C18H22N2O4/c21-16(19-20-18(23)13-4-2-1-3-5-13)11-24-17(22)10-15-9-12-6-7-14(15)8-12/h1-5,12,14-15H,6-11H2,(H,19,21)(H,20,23)/t12-,14+,15+/m0/s1. The normalized spacial score (nSPS) is 24.4. The number of ether oxygens (including phenoxy) is 1. The summed E-state index contributed by atoms with van der Waals surface area (Å²) in [5.74, 6) is 0.540. The summed E-state index contributed by atoms with van der Waals surface area (Å²) in [4.78, 5) is 35.3. The largest absolute Gasteiger partial charge is 0.455 e. The van der Waals surface area contributed by atoms with Gasteiger partial charge >= 0.3 is 5.97 Å². The first-order valence-electron chi connectivity index (χ1n) is 8.41. The Morgan fingerprint density at radius 3 is 2.50 bits per heavy atom. The quantitative estimate of drug-likeness (QED) is 0.637. The lowest BCUT2D eigenvalue weighted by molar-refractivity contribution is -0.150. The van der Waals surface area contributed by atoms with Gasteiger partial charge in [0, 0.05) is 12.0 Å². The highest BCUT2D eigenvalue weighted by Gasteiger charge is 2.40. The number of hydrogen-bond donors (Lipinski definition) is 2. The van der Waals surface area contributed by atoms with Gasteiger partial charge in [0.05, 0.1) is 0 Å². The van der Waals surface area contributed by atoms with Crippen LogP contribution in [0.5, 0.6) is 0 Å². The van der Waals surface area contributed by atoms with Gasteiger partial charge in [-0.25, -0.2) is 0 Å². The fraction of sp³-hybridized carbons (Fsp3) is 0.500. The van der Waals surface area contributed by atoms with Gasteiger partial charge in [-0.3, -0.25) is 25.2 Å².